The van der Waals surface area contributed by atoms with E-state index in [0.717, 1.165) is 13.1 Å². The van der Waals surface area contributed by atoms with Crippen LogP contribution < -0.4 is 5.32 Å². The molecule has 0 aliphatic carbocycles. The molecule has 1 aliphatic rings. The minimum absolute atomic E-state index is 0.0190. The monoisotopic (exact) mass is 313 g/mol. The summed E-state index contributed by atoms with van der Waals surface area (Å²) < 4.78 is 5.23. The van der Waals surface area contributed by atoms with Gasteiger partial charge in [-0.25, -0.2) is 0 Å². The van der Waals surface area contributed by atoms with Crippen LogP contribution in [0.3, 0.4) is 0 Å². The second-order valence-electron chi connectivity index (χ2n) is 4.60. The van der Waals surface area contributed by atoms with Crippen LogP contribution in [0.15, 0.2) is 18.2 Å². The maximum absolute atomic E-state index is 12.0. The highest BCUT2D eigenvalue weighted by Gasteiger charge is 2.23. The van der Waals surface area contributed by atoms with Crippen molar-refractivity contribution in [1.29, 1.82) is 0 Å². The molecule has 114 valence electrons. The van der Waals surface area contributed by atoms with Crippen molar-refractivity contribution in [3.05, 3.63) is 38.9 Å². The standard InChI is InChI=1S/C13H16ClN3O4/c14-11-3-1-2-10(12(11)17(19)20)13(18)15-4-5-16-6-8-21-9-7-16/h1-3H,4-9H2,(H,15,18). The largest absolute Gasteiger partial charge is 0.379 e. The van der Waals surface area contributed by atoms with Gasteiger partial charge in [-0.2, -0.15) is 0 Å². The number of nitrogens with one attached hydrogen (secondary N) is 1. The number of rotatable bonds is 5. The number of hydrogen-bond acceptors (Lipinski definition) is 5. The number of amides is 1. The second kappa shape index (κ2) is 7.35. The van der Waals surface area contributed by atoms with Gasteiger partial charge in [0.05, 0.1) is 18.1 Å². The van der Waals surface area contributed by atoms with Gasteiger partial charge in [0.15, 0.2) is 0 Å². The highest BCUT2D eigenvalue weighted by Crippen LogP contribution is 2.27. The fourth-order valence-corrected chi connectivity index (χ4v) is 2.38. The van der Waals surface area contributed by atoms with Crippen molar-refractivity contribution in [2.45, 2.75) is 0 Å². The van der Waals surface area contributed by atoms with Crippen LogP contribution in [-0.2, 0) is 4.74 Å². The van der Waals surface area contributed by atoms with Crippen LogP contribution in [0, 0.1) is 10.1 Å². The first-order valence-corrected chi connectivity index (χ1v) is 6.98. The van der Waals surface area contributed by atoms with Gasteiger partial charge in [0.2, 0.25) is 0 Å². The van der Waals surface area contributed by atoms with E-state index in [9.17, 15) is 14.9 Å². The van der Waals surface area contributed by atoms with Crippen LogP contribution >= 0.6 is 11.6 Å². The number of halogens is 1. The molecule has 1 fully saturated rings. The number of nitro groups is 1. The van der Waals surface area contributed by atoms with E-state index in [-0.39, 0.29) is 16.3 Å². The fraction of sp³-hybridized carbons (Fsp3) is 0.462. The number of benzene rings is 1. The molecule has 1 aliphatic heterocycles. The van der Waals surface area contributed by atoms with E-state index in [1.165, 1.54) is 18.2 Å². The van der Waals surface area contributed by atoms with Crippen molar-refractivity contribution in [2.75, 3.05) is 39.4 Å². The van der Waals surface area contributed by atoms with E-state index < -0.39 is 10.8 Å². The minimum atomic E-state index is -0.640. The van der Waals surface area contributed by atoms with Crippen LogP contribution in [0.1, 0.15) is 10.4 Å². The third-order valence-electron chi connectivity index (χ3n) is 3.23. The first-order chi connectivity index (χ1) is 10.1. The lowest BCUT2D eigenvalue weighted by Crippen LogP contribution is -2.41. The topological polar surface area (TPSA) is 84.7 Å². The Balaban J connectivity index is 1.94. The molecule has 8 heteroatoms. The van der Waals surface area contributed by atoms with Crippen LogP contribution in [0.25, 0.3) is 0 Å². The van der Waals surface area contributed by atoms with Crippen molar-refractivity contribution >= 4 is 23.2 Å². The Kier molecular flexibility index (Phi) is 5.49. The Labute approximate surface area is 127 Å². The van der Waals surface area contributed by atoms with E-state index in [4.69, 9.17) is 16.3 Å². The smallest absolute Gasteiger partial charge is 0.300 e. The summed E-state index contributed by atoms with van der Waals surface area (Å²) >= 11 is 5.78. The summed E-state index contributed by atoms with van der Waals surface area (Å²) in [7, 11) is 0. The molecule has 0 unspecified atom stereocenters. The lowest BCUT2D eigenvalue weighted by molar-refractivity contribution is -0.385. The number of para-hydroxylation sites is 1. The van der Waals surface area contributed by atoms with Crippen LogP contribution in [0.2, 0.25) is 5.02 Å². The number of carbonyl (C=O) groups excluding carboxylic acids is 1. The van der Waals surface area contributed by atoms with Crippen molar-refractivity contribution in [2.24, 2.45) is 0 Å². The Bertz CT molecular complexity index is 532. The molecule has 0 aromatic heterocycles. The molecule has 1 heterocycles. The van der Waals surface area contributed by atoms with E-state index in [0.29, 0.717) is 26.3 Å². The molecule has 21 heavy (non-hydrogen) atoms. The molecule has 1 amide bonds. The van der Waals surface area contributed by atoms with Crippen molar-refractivity contribution in [3.8, 4) is 0 Å². The molecule has 0 atom stereocenters. The maximum atomic E-state index is 12.0. The summed E-state index contributed by atoms with van der Waals surface area (Å²) in [5, 5.41) is 13.6. The van der Waals surface area contributed by atoms with Gasteiger partial charge in [-0.1, -0.05) is 17.7 Å². The van der Waals surface area contributed by atoms with Gasteiger partial charge in [0, 0.05) is 26.2 Å². The zero-order chi connectivity index (χ0) is 15.2. The predicted octanol–water partition coefficient (Wildman–Crippen LogP) is 1.31. The van der Waals surface area contributed by atoms with Gasteiger partial charge >= 0.3 is 5.69 Å². The average Bonchev–Trinajstić information content (AvgIpc) is 2.47. The average molecular weight is 314 g/mol. The lowest BCUT2D eigenvalue weighted by atomic mass is 10.1. The van der Waals surface area contributed by atoms with Gasteiger partial charge in [-0.3, -0.25) is 19.8 Å². The number of ether oxygens (including phenoxy) is 1. The predicted molar refractivity (Wildman–Crippen MR) is 77.7 cm³/mol. The molecule has 2 rings (SSSR count). The van der Waals surface area contributed by atoms with Gasteiger partial charge < -0.3 is 10.1 Å². The Morgan fingerprint density at radius 3 is 2.81 bits per heavy atom. The van der Waals surface area contributed by atoms with Crippen LogP contribution in [0.4, 0.5) is 5.69 Å². The van der Waals surface area contributed by atoms with Gasteiger partial charge in [-0.15, -0.1) is 0 Å². The first-order valence-electron chi connectivity index (χ1n) is 6.61. The normalized spacial score (nSPS) is 15.7. The molecule has 0 saturated carbocycles. The highest BCUT2D eigenvalue weighted by molar-refractivity contribution is 6.33. The third kappa shape index (κ3) is 4.13. The fourth-order valence-electron chi connectivity index (χ4n) is 2.13. The summed E-state index contributed by atoms with van der Waals surface area (Å²) in [4.78, 5) is 24.6. The quantitative estimate of drug-likeness (QED) is 0.654. The summed E-state index contributed by atoms with van der Waals surface area (Å²) in [5.74, 6) is -0.488. The molecule has 0 radical (unpaired) electrons. The third-order valence-corrected chi connectivity index (χ3v) is 3.54. The lowest BCUT2D eigenvalue weighted by Gasteiger charge is -2.26. The zero-order valence-electron chi connectivity index (χ0n) is 11.4. The number of nitrogens with zero attached hydrogens (tertiary/aromatic N) is 2. The molecule has 1 aromatic carbocycles. The number of carbonyl (C=O) groups is 1. The zero-order valence-corrected chi connectivity index (χ0v) is 12.1. The summed E-state index contributed by atoms with van der Waals surface area (Å²) in [6.07, 6.45) is 0. The molecule has 1 N–H and O–H groups in total. The van der Waals surface area contributed by atoms with E-state index >= 15 is 0 Å². The number of nitro benzene ring substituents is 1. The SMILES string of the molecule is O=C(NCCN1CCOCC1)c1cccc(Cl)c1[N+](=O)[O-]. The molecule has 1 aromatic rings. The Morgan fingerprint density at radius 1 is 1.43 bits per heavy atom. The van der Waals surface area contributed by atoms with Crippen LogP contribution in [0.5, 0.6) is 0 Å². The van der Waals surface area contributed by atoms with Gasteiger partial charge in [-0.05, 0) is 12.1 Å². The molecular weight excluding hydrogens is 298 g/mol. The van der Waals surface area contributed by atoms with E-state index in [1.807, 2.05) is 0 Å². The second-order valence-corrected chi connectivity index (χ2v) is 5.01. The molecule has 1 saturated heterocycles. The molecule has 0 spiro atoms. The van der Waals surface area contributed by atoms with Gasteiger partial charge in [0.25, 0.3) is 5.91 Å². The minimum Gasteiger partial charge on any atom is -0.379 e. The summed E-state index contributed by atoms with van der Waals surface area (Å²) in [5.41, 5.74) is -0.377. The Hall–Kier alpha value is -1.70. The van der Waals surface area contributed by atoms with Crippen molar-refractivity contribution < 1.29 is 14.5 Å². The van der Waals surface area contributed by atoms with E-state index in [1.54, 1.807) is 0 Å². The first kappa shape index (κ1) is 15.7. The molecular formula is C13H16ClN3O4. The van der Waals surface area contributed by atoms with Crippen molar-refractivity contribution in [3.63, 3.8) is 0 Å². The van der Waals surface area contributed by atoms with Crippen molar-refractivity contribution in [1.82, 2.24) is 10.2 Å². The molecule has 0 bridgehead atoms. The van der Waals surface area contributed by atoms with Gasteiger partial charge in [0.1, 0.15) is 10.6 Å². The maximum Gasteiger partial charge on any atom is 0.300 e. The summed E-state index contributed by atoms with van der Waals surface area (Å²) in [6.45, 7) is 4.13. The molecule has 7 nitrogen and oxygen atoms in total. The number of hydrogen-bond donors (Lipinski definition) is 1. The van der Waals surface area contributed by atoms with Crippen LogP contribution in [-0.4, -0.2) is 55.1 Å². The van der Waals surface area contributed by atoms with E-state index in [2.05, 4.69) is 10.2 Å². The Morgan fingerprint density at radius 2 is 2.14 bits per heavy atom. The highest BCUT2D eigenvalue weighted by atomic mass is 35.5. The number of morpholine rings is 1. The summed E-state index contributed by atoms with van der Waals surface area (Å²) in [6, 6.07) is 4.31.